The average molecular weight is 292 g/mol. The molecule has 0 aliphatic rings. The maximum absolute atomic E-state index is 13.5. The first kappa shape index (κ1) is 14.9. The van der Waals surface area contributed by atoms with Gasteiger partial charge in [-0.25, -0.2) is 10.2 Å². The summed E-state index contributed by atoms with van der Waals surface area (Å²) in [5.41, 5.74) is 3.37. The van der Waals surface area contributed by atoms with E-state index in [1.54, 1.807) is 19.1 Å². The molecule has 2 rings (SSSR count). The van der Waals surface area contributed by atoms with Gasteiger partial charge in [0.05, 0.1) is 6.61 Å². The van der Waals surface area contributed by atoms with E-state index in [1.165, 1.54) is 6.07 Å². The summed E-state index contributed by atoms with van der Waals surface area (Å²) in [6.07, 6.45) is 0.822. The highest BCUT2D eigenvalue weighted by Crippen LogP contribution is 2.21. The van der Waals surface area contributed by atoms with Crippen molar-refractivity contribution >= 4 is 17.6 Å². The maximum atomic E-state index is 13.5. The van der Waals surface area contributed by atoms with Gasteiger partial charge in [-0.05, 0) is 25.5 Å². The van der Waals surface area contributed by atoms with Gasteiger partial charge < -0.3 is 10.1 Å². The Morgan fingerprint density at radius 1 is 1.24 bits per heavy atom. The molecule has 0 saturated heterocycles. The molecular formula is C13H17FN6O. The molecule has 0 bridgehead atoms. The second-order valence-corrected chi connectivity index (χ2v) is 4.30. The van der Waals surface area contributed by atoms with E-state index in [1.807, 2.05) is 6.92 Å². The van der Waals surface area contributed by atoms with Gasteiger partial charge in [0, 0.05) is 11.3 Å². The minimum atomic E-state index is -0.311. The van der Waals surface area contributed by atoms with Gasteiger partial charge in [-0.2, -0.15) is 15.0 Å². The van der Waals surface area contributed by atoms with Gasteiger partial charge in [0.1, 0.15) is 5.82 Å². The molecule has 0 amide bonds. The van der Waals surface area contributed by atoms with Crippen LogP contribution >= 0.6 is 0 Å². The third-order valence-corrected chi connectivity index (χ3v) is 2.69. The van der Waals surface area contributed by atoms with E-state index in [0.29, 0.717) is 17.9 Å². The minimum absolute atomic E-state index is 0.149. The molecule has 7 nitrogen and oxygen atoms in total. The predicted octanol–water partition coefficient (Wildman–Crippen LogP) is 2.14. The topological polar surface area (TPSA) is 98.0 Å². The smallest absolute Gasteiger partial charge is 0.323 e. The van der Waals surface area contributed by atoms with Gasteiger partial charge in [-0.1, -0.05) is 13.0 Å². The van der Waals surface area contributed by atoms with Crippen LogP contribution < -0.4 is 21.3 Å². The molecule has 0 radical (unpaired) electrons. The fourth-order valence-electron chi connectivity index (χ4n) is 1.60. The molecule has 0 aliphatic carbocycles. The summed E-state index contributed by atoms with van der Waals surface area (Å²) in [5, 5.41) is 2.93. The number of hydrogen-bond donors (Lipinski definition) is 3. The lowest BCUT2D eigenvalue weighted by Gasteiger charge is -2.11. The van der Waals surface area contributed by atoms with Crippen LogP contribution in [-0.2, 0) is 0 Å². The normalized spacial score (nSPS) is 10.3. The second-order valence-electron chi connectivity index (χ2n) is 4.30. The van der Waals surface area contributed by atoms with Crippen molar-refractivity contribution in [2.24, 2.45) is 5.84 Å². The number of hydrazine groups is 1. The first-order valence-corrected chi connectivity index (χ1v) is 6.51. The number of ether oxygens (including phenoxy) is 1. The number of hydrogen-bond acceptors (Lipinski definition) is 7. The SMILES string of the molecule is CCCOc1nc(NN)nc(Nc2cccc(F)c2C)n1. The summed E-state index contributed by atoms with van der Waals surface area (Å²) in [6.45, 7) is 4.11. The van der Waals surface area contributed by atoms with Gasteiger partial charge >= 0.3 is 6.01 Å². The van der Waals surface area contributed by atoms with Crippen molar-refractivity contribution in [3.05, 3.63) is 29.6 Å². The van der Waals surface area contributed by atoms with Gasteiger partial charge in [0.15, 0.2) is 0 Å². The Labute approximate surface area is 121 Å². The number of nitrogens with two attached hydrogens (primary N) is 1. The molecule has 0 atom stereocenters. The molecule has 4 N–H and O–H groups in total. The number of nitrogens with zero attached hydrogens (tertiary/aromatic N) is 3. The van der Waals surface area contributed by atoms with Gasteiger partial charge in [-0.15, -0.1) is 0 Å². The molecule has 1 heterocycles. The summed E-state index contributed by atoms with van der Waals surface area (Å²) in [7, 11) is 0. The second kappa shape index (κ2) is 6.80. The standard InChI is InChI=1S/C13H17FN6O/c1-3-7-21-13-18-11(17-12(19-13)20-15)16-10-6-4-5-9(14)8(10)2/h4-6H,3,7,15H2,1-2H3,(H2,16,17,18,19,20). The van der Waals surface area contributed by atoms with Crippen molar-refractivity contribution in [1.29, 1.82) is 0 Å². The molecule has 0 unspecified atom stereocenters. The van der Waals surface area contributed by atoms with E-state index in [0.717, 1.165) is 6.42 Å². The summed E-state index contributed by atoms with van der Waals surface area (Å²) in [5.74, 6) is 5.39. The minimum Gasteiger partial charge on any atom is -0.463 e. The third kappa shape index (κ3) is 3.76. The predicted molar refractivity (Wildman–Crippen MR) is 77.8 cm³/mol. The number of benzene rings is 1. The average Bonchev–Trinajstić information content (AvgIpc) is 2.49. The van der Waals surface area contributed by atoms with Crippen molar-refractivity contribution in [3.8, 4) is 6.01 Å². The van der Waals surface area contributed by atoms with Crippen LogP contribution in [0, 0.1) is 12.7 Å². The quantitative estimate of drug-likeness (QED) is 0.554. The molecule has 112 valence electrons. The molecule has 1 aromatic carbocycles. The maximum Gasteiger partial charge on any atom is 0.323 e. The van der Waals surface area contributed by atoms with Crippen LogP contribution in [0.15, 0.2) is 18.2 Å². The van der Waals surface area contributed by atoms with E-state index in [4.69, 9.17) is 10.6 Å². The Kier molecular flexibility index (Phi) is 4.83. The highest BCUT2D eigenvalue weighted by atomic mass is 19.1. The van der Waals surface area contributed by atoms with E-state index in [-0.39, 0.29) is 23.7 Å². The molecule has 0 aliphatic heterocycles. The highest BCUT2D eigenvalue weighted by Gasteiger charge is 2.09. The van der Waals surface area contributed by atoms with Crippen LogP contribution in [-0.4, -0.2) is 21.6 Å². The zero-order valence-electron chi connectivity index (χ0n) is 11.9. The first-order valence-electron chi connectivity index (χ1n) is 6.51. The van der Waals surface area contributed by atoms with E-state index in [9.17, 15) is 4.39 Å². The molecule has 2 aromatic rings. The first-order chi connectivity index (χ1) is 10.1. The van der Waals surface area contributed by atoms with Gasteiger partial charge in [0.25, 0.3) is 0 Å². The lowest BCUT2D eigenvalue weighted by atomic mass is 10.2. The number of aromatic nitrogens is 3. The molecule has 0 spiro atoms. The fraction of sp³-hybridized carbons (Fsp3) is 0.308. The summed E-state index contributed by atoms with van der Waals surface area (Å²) >= 11 is 0. The third-order valence-electron chi connectivity index (χ3n) is 2.69. The number of rotatable bonds is 6. The molecule has 21 heavy (non-hydrogen) atoms. The van der Waals surface area contributed by atoms with Crippen molar-refractivity contribution in [3.63, 3.8) is 0 Å². The molecular weight excluding hydrogens is 275 g/mol. The van der Waals surface area contributed by atoms with Crippen LogP contribution in [0.2, 0.25) is 0 Å². The van der Waals surface area contributed by atoms with Gasteiger partial charge in [-0.3, -0.25) is 5.43 Å². The van der Waals surface area contributed by atoms with Crippen LogP contribution in [0.4, 0.5) is 22.0 Å². The fourth-order valence-corrected chi connectivity index (χ4v) is 1.60. The lowest BCUT2D eigenvalue weighted by Crippen LogP contribution is -2.14. The van der Waals surface area contributed by atoms with Crippen LogP contribution in [0.25, 0.3) is 0 Å². The van der Waals surface area contributed by atoms with Crippen molar-refractivity contribution in [2.75, 3.05) is 17.3 Å². The monoisotopic (exact) mass is 292 g/mol. The Balaban J connectivity index is 2.28. The summed E-state index contributed by atoms with van der Waals surface area (Å²) in [4.78, 5) is 12.1. The van der Waals surface area contributed by atoms with E-state index in [2.05, 4.69) is 25.7 Å². The summed E-state index contributed by atoms with van der Waals surface area (Å²) < 4.78 is 18.9. The molecule has 8 heteroatoms. The lowest BCUT2D eigenvalue weighted by molar-refractivity contribution is 0.292. The highest BCUT2D eigenvalue weighted by molar-refractivity contribution is 5.59. The van der Waals surface area contributed by atoms with Gasteiger partial charge in [0.2, 0.25) is 11.9 Å². The molecule has 0 fully saturated rings. The Morgan fingerprint density at radius 2 is 2.00 bits per heavy atom. The largest absolute Gasteiger partial charge is 0.463 e. The Morgan fingerprint density at radius 3 is 2.71 bits per heavy atom. The van der Waals surface area contributed by atoms with Crippen LogP contribution in [0.3, 0.4) is 0 Å². The van der Waals surface area contributed by atoms with Crippen molar-refractivity contribution in [1.82, 2.24) is 15.0 Å². The zero-order valence-corrected chi connectivity index (χ0v) is 11.9. The zero-order chi connectivity index (χ0) is 15.2. The molecule has 0 saturated carbocycles. The van der Waals surface area contributed by atoms with E-state index < -0.39 is 0 Å². The summed E-state index contributed by atoms with van der Waals surface area (Å²) in [6, 6.07) is 4.86. The number of nitrogens with one attached hydrogen (secondary N) is 2. The van der Waals surface area contributed by atoms with Crippen LogP contribution in [0.5, 0.6) is 6.01 Å². The van der Waals surface area contributed by atoms with Crippen molar-refractivity contribution < 1.29 is 9.13 Å². The Hall–Kier alpha value is -2.48. The number of nitrogen functional groups attached to an aromatic ring is 1. The number of halogens is 1. The van der Waals surface area contributed by atoms with Crippen LogP contribution in [0.1, 0.15) is 18.9 Å². The van der Waals surface area contributed by atoms with Crippen molar-refractivity contribution in [2.45, 2.75) is 20.3 Å². The molecule has 1 aromatic heterocycles. The van der Waals surface area contributed by atoms with E-state index >= 15 is 0 Å². The number of anilines is 3. The Bertz CT molecular complexity index is 622.